The predicted octanol–water partition coefficient (Wildman–Crippen LogP) is 2.36. The SMILES string of the molecule is O=[N+]([O-])c1ccc(-c2ccncc2)cc1O. The highest BCUT2D eigenvalue weighted by molar-refractivity contribution is 5.67. The van der Waals surface area contributed by atoms with Gasteiger partial charge in [-0.05, 0) is 35.4 Å². The van der Waals surface area contributed by atoms with Gasteiger partial charge in [0.25, 0.3) is 0 Å². The molecule has 5 nitrogen and oxygen atoms in total. The minimum absolute atomic E-state index is 0.294. The van der Waals surface area contributed by atoms with E-state index >= 15 is 0 Å². The lowest BCUT2D eigenvalue weighted by Crippen LogP contribution is -1.88. The van der Waals surface area contributed by atoms with E-state index in [-0.39, 0.29) is 11.4 Å². The number of hydrogen-bond donors (Lipinski definition) is 1. The fourth-order valence-corrected chi connectivity index (χ4v) is 1.40. The first-order valence-electron chi connectivity index (χ1n) is 4.56. The maximum atomic E-state index is 10.5. The first kappa shape index (κ1) is 10.1. The van der Waals surface area contributed by atoms with E-state index in [2.05, 4.69) is 4.98 Å². The van der Waals surface area contributed by atoms with Crippen LogP contribution in [-0.4, -0.2) is 15.0 Å². The summed E-state index contributed by atoms with van der Waals surface area (Å²) in [5, 5.41) is 20.0. The molecule has 1 heterocycles. The molecule has 1 aromatic carbocycles. The molecule has 0 radical (unpaired) electrons. The summed E-state index contributed by atoms with van der Waals surface area (Å²) in [7, 11) is 0. The Morgan fingerprint density at radius 3 is 2.38 bits per heavy atom. The molecule has 0 unspecified atom stereocenters. The molecule has 0 aliphatic rings. The zero-order chi connectivity index (χ0) is 11.5. The van der Waals surface area contributed by atoms with Crippen LogP contribution in [0.3, 0.4) is 0 Å². The van der Waals surface area contributed by atoms with Gasteiger partial charge in [0.1, 0.15) is 0 Å². The highest BCUT2D eigenvalue weighted by Gasteiger charge is 2.13. The Labute approximate surface area is 91.2 Å². The number of phenols is 1. The summed E-state index contributed by atoms with van der Waals surface area (Å²) >= 11 is 0. The smallest absolute Gasteiger partial charge is 0.310 e. The lowest BCUT2D eigenvalue weighted by Gasteiger charge is -2.02. The molecule has 2 aromatic rings. The van der Waals surface area contributed by atoms with Gasteiger partial charge in [-0.25, -0.2) is 0 Å². The summed E-state index contributed by atoms with van der Waals surface area (Å²) in [6.45, 7) is 0. The second-order valence-electron chi connectivity index (χ2n) is 3.20. The number of hydrogen-bond acceptors (Lipinski definition) is 4. The Bertz CT molecular complexity index is 526. The van der Waals surface area contributed by atoms with Crippen molar-refractivity contribution in [1.82, 2.24) is 4.98 Å². The molecular formula is C11H8N2O3. The van der Waals surface area contributed by atoms with Crippen molar-refractivity contribution in [2.45, 2.75) is 0 Å². The Kier molecular flexibility index (Phi) is 2.51. The summed E-state index contributed by atoms with van der Waals surface area (Å²) in [5.41, 5.74) is 1.27. The number of phenolic OH excluding ortho intramolecular Hbond substituents is 1. The maximum absolute atomic E-state index is 10.5. The quantitative estimate of drug-likeness (QED) is 0.617. The van der Waals surface area contributed by atoms with Gasteiger partial charge in [0.15, 0.2) is 5.75 Å². The monoisotopic (exact) mass is 216 g/mol. The van der Waals surface area contributed by atoms with Crippen molar-refractivity contribution >= 4 is 5.69 Å². The van der Waals surface area contributed by atoms with Crippen molar-refractivity contribution in [1.29, 1.82) is 0 Å². The lowest BCUT2D eigenvalue weighted by molar-refractivity contribution is -0.385. The first-order chi connectivity index (χ1) is 7.68. The molecule has 0 saturated carbocycles. The van der Waals surface area contributed by atoms with Gasteiger partial charge >= 0.3 is 5.69 Å². The van der Waals surface area contributed by atoms with Gasteiger partial charge in [0.05, 0.1) is 4.92 Å². The average molecular weight is 216 g/mol. The van der Waals surface area contributed by atoms with Crippen LogP contribution in [-0.2, 0) is 0 Å². The van der Waals surface area contributed by atoms with Gasteiger partial charge in [-0.3, -0.25) is 15.1 Å². The largest absolute Gasteiger partial charge is 0.502 e. The number of aromatic nitrogens is 1. The summed E-state index contributed by atoms with van der Waals surface area (Å²) in [5.74, 6) is -0.334. The van der Waals surface area contributed by atoms with Gasteiger partial charge in [0, 0.05) is 18.5 Å². The highest BCUT2D eigenvalue weighted by atomic mass is 16.6. The molecule has 0 amide bonds. The van der Waals surface area contributed by atoms with Crippen molar-refractivity contribution in [3.05, 3.63) is 52.8 Å². The zero-order valence-electron chi connectivity index (χ0n) is 8.20. The number of nitrogens with zero attached hydrogens (tertiary/aromatic N) is 2. The van der Waals surface area contributed by atoms with E-state index in [0.717, 1.165) is 5.56 Å². The van der Waals surface area contributed by atoms with Crippen molar-refractivity contribution in [2.75, 3.05) is 0 Å². The number of nitro groups is 1. The van der Waals surface area contributed by atoms with E-state index < -0.39 is 4.92 Å². The molecule has 1 aromatic heterocycles. The molecule has 0 fully saturated rings. The molecule has 5 heteroatoms. The molecule has 0 bridgehead atoms. The van der Waals surface area contributed by atoms with Crippen LogP contribution in [0.5, 0.6) is 5.75 Å². The van der Waals surface area contributed by atoms with Crippen molar-refractivity contribution in [3.63, 3.8) is 0 Å². The number of pyridine rings is 1. The summed E-state index contributed by atoms with van der Waals surface area (Å²) in [6, 6.07) is 7.77. The van der Waals surface area contributed by atoms with Gasteiger partial charge in [0.2, 0.25) is 0 Å². The topological polar surface area (TPSA) is 76.3 Å². The lowest BCUT2D eigenvalue weighted by atomic mass is 10.1. The molecule has 0 aliphatic carbocycles. The van der Waals surface area contributed by atoms with Crippen LogP contribution >= 0.6 is 0 Å². The third-order valence-electron chi connectivity index (χ3n) is 2.19. The molecule has 1 N–H and O–H groups in total. The van der Waals surface area contributed by atoms with Crippen LogP contribution in [0.1, 0.15) is 0 Å². The van der Waals surface area contributed by atoms with Crippen molar-refractivity contribution in [3.8, 4) is 16.9 Å². The van der Waals surface area contributed by atoms with E-state index in [1.807, 2.05) is 0 Å². The zero-order valence-corrected chi connectivity index (χ0v) is 8.20. The minimum Gasteiger partial charge on any atom is -0.502 e. The Balaban J connectivity index is 2.46. The second kappa shape index (κ2) is 3.98. The molecule has 0 saturated heterocycles. The Hall–Kier alpha value is -2.43. The number of benzene rings is 1. The molecule has 2 rings (SSSR count). The molecule has 0 spiro atoms. The molecule has 16 heavy (non-hydrogen) atoms. The van der Waals surface area contributed by atoms with Crippen LogP contribution in [0.15, 0.2) is 42.7 Å². The summed E-state index contributed by atoms with van der Waals surface area (Å²) in [6.07, 6.45) is 3.24. The number of rotatable bonds is 2. The Morgan fingerprint density at radius 2 is 1.81 bits per heavy atom. The standard InChI is InChI=1S/C11H8N2O3/c14-11-7-9(1-2-10(11)13(15)16)8-3-5-12-6-4-8/h1-7,14H. The van der Waals surface area contributed by atoms with Crippen LogP contribution in [0.2, 0.25) is 0 Å². The van der Waals surface area contributed by atoms with Crippen LogP contribution in [0, 0.1) is 10.1 Å². The van der Waals surface area contributed by atoms with Gasteiger partial charge < -0.3 is 5.11 Å². The fraction of sp³-hybridized carbons (Fsp3) is 0. The van der Waals surface area contributed by atoms with Crippen LogP contribution in [0.4, 0.5) is 5.69 Å². The van der Waals surface area contributed by atoms with Crippen LogP contribution in [0.25, 0.3) is 11.1 Å². The third-order valence-corrected chi connectivity index (χ3v) is 2.19. The molecule has 80 valence electrons. The van der Waals surface area contributed by atoms with E-state index in [0.29, 0.717) is 5.56 Å². The van der Waals surface area contributed by atoms with Gasteiger partial charge in [-0.1, -0.05) is 0 Å². The minimum atomic E-state index is -0.619. The fourth-order valence-electron chi connectivity index (χ4n) is 1.40. The van der Waals surface area contributed by atoms with E-state index in [1.54, 1.807) is 30.6 Å². The first-order valence-corrected chi connectivity index (χ1v) is 4.56. The number of nitro benzene ring substituents is 1. The number of aromatic hydroxyl groups is 1. The maximum Gasteiger partial charge on any atom is 0.310 e. The average Bonchev–Trinajstić information content (AvgIpc) is 2.29. The van der Waals surface area contributed by atoms with Crippen molar-refractivity contribution < 1.29 is 10.0 Å². The van der Waals surface area contributed by atoms with E-state index in [4.69, 9.17) is 0 Å². The molecular weight excluding hydrogens is 208 g/mol. The highest BCUT2D eigenvalue weighted by Crippen LogP contribution is 2.30. The van der Waals surface area contributed by atoms with E-state index in [1.165, 1.54) is 12.1 Å². The molecule has 0 aliphatic heterocycles. The third kappa shape index (κ3) is 1.83. The summed E-state index contributed by atoms with van der Waals surface area (Å²) in [4.78, 5) is 13.8. The predicted molar refractivity (Wildman–Crippen MR) is 58.0 cm³/mol. The second-order valence-corrected chi connectivity index (χ2v) is 3.20. The van der Waals surface area contributed by atoms with Gasteiger partial charge in [-0.2, -0.15) is 0 Å². The van der Waals surface area contributed by atoms with Crippen LogP contribution < -0.4 is 0 Å². The normalized spacial score (nSPS) is 10.0. The van der Waals surface area contributed by atoms with E-state index in [9.17, 15) is 15.2 Å². The van der Waals surface area contributed by atoms with Crippen molar-refractivity contribution in [2.24, 2.45) is 0 Å². The Morgan fingerprint density at radius 1 is 1.12 bits per heavy atom. The molecule has 0 atom stereocenters. The van der Waals surface area contributed by atoms with Gasteiger partial charge in [-0.15, -0.1) is 0 Å². The summed E-state index contributed by atoms with van der Waals surface area (Å²) < 4.78 is 0.